The van der Waals surface area contributed by atoms with Crippen LogP contribution in [0.1, 0.15) is 0 Å². The van der Waals surface area contributed by atoms with E-state index in [1.165, 1.54) is 10.8 Å². The van der Waals surface area contributed by atoms with E-state index in [1.807, 2.05) is 54.6 Å². The van der Waals surface area contributed by atoms with Gasteiger partial charge >= 0.3 is 0 Å². The summed E-state index contributed by atoms with van der Waals surface area (Å²) in [6.45, 7) is 0. The van der Waals surface area contributed by atoms with Crippen molar-refractivity contribution in [3.8, 4) is 61.8 Å². The van der Waals surface area contributed by atoms with Gasteiger partial charge in [0, 0.05) is 76.6 Å². The van der Waals surface area contributed by atoms with Gasteiger partial charge in [-0.3, -0.25) is 0 Å². The first kappa shape index (κ1) is 38.6. The van der Waals surface area contributed by atoms with Crippen molar-refractivity contribution in [1.29, 1.82) is 0 Å². The summed E-state index contributed by atoms with van der Waals surface area (Å²) in [6.07, 6.45) is 0. The maximum absolute atomic E-state index is 6.97. The third kappa shape index (κ3) is 5.80. The van der Waals surface area contributed by atoms with Gasteiger partial charge in [-0.1, -0.05) is 152 Å². The molecular weight excluding hydrogens is 859 g/mol. The van der Waals surface area contributed by atoms with E-state index in [0.717, 1.165) is 133 Å². The van der Waals surface area contributed by atoms with Crippen LogP contribution in [-0.4, -0.2) is 14.5 Å². The summed E-state index contributed by atoms with van der Waals surface area (Å²) in [4.78, 5) is 10.5. The Balaban J connectivity index is 0.932. The Hall–Kier alpha value is -9.52. The summed E-state index contributed by atoms with van der Waals surface area (Å²) in [5.74, 6) is 0.637. The Kier molecular flexibility index (Phi) is 8.26. The molecule has 0 aliphatic carbocycles. The molecule has 6 heteroatoms. The molecule has 0 bridgehead atoms. The highest BCUT2D eigenvalue weighted by Gasteiger charge is 2.23. The molecule has 0 radical (unpaired) electrons. The fourth-order valence-corrected chi connectivity index (χ4v) is 10.9. The summed E-state index contributed by atoms with van der Waals surface area (Å²) in [7, 11) is 0. The average molecular weight is 896 g/mol. The second kappa shape index (κ2) is 15.0. The molecular formula is C64H37N3O3. The van der Waals surface area contributed by atoms with Crippen molar-refractivity contribution in [1.82, 2.24) is 14.5 Å². The van der Waals surface area contributed by atoms with Gasteiger partial charge in [0.15, 0.2) is 5.82 Å². The maximum Gasteiger partial charge on any atom is 0.160 e. The Bertz CT molecular complexity index is 4590. The first-order valence-electron chi connectivity index (χ1n) is 23.5. The SMILES string of the molecule is c1ccc(-c2nc(-c3ccc4c(c3)oc3ccccc34)cc(-c3cccc4oc5ccc(-c6ccc(-c7cccc8c9ccccc9n(-c9ccccc9)c78)c7oc8ccccc8c67)cc5c34)n2)cc1. The molecule has 5 aromatic heterocycles. The topological polar surface area (TPSA) is 70.1 Å². The number of hydrogen-bond acceptors (Lipinski definition) is 5. The zero-order valence-corrected chi connectivity index (χ0v) is 37.4. The highest BCUT2D eigenvalue weighted by atomic mass is 16.3. The van der Waals surface area contributed by atoms with Crippen LogP contribution in [0.5, 0.6) is 0 Å². The summed E-state index contributed by atoms with van der Waals surface area (Å²) in [6, 6.07) is 78.3. The van der Waals surface area contributed by atoms with Crippen molar-refractivity contribution < 1.29 is 13.3 Å². The fourth-order valence-electron chi connectivity index (χ4n) is 10.9. The van der Waals surface area contributed by atoms with Gasteiger partial charge in [-0.15, -0.1) is 0 Å². The Morgan fingerprint density at radius 3 is 1.81 bits per heavy atom. The van der Waals surface area contributed by atoms with Crippen molar-refractivity contribution in [3.63, 3.8) is 0 Å². The van der Waals surface area contributed by atoms with Crippen molar-refractivity contribution in [2.45, 2.75) is 0 Å². The lowest BCUT2D eigenvalue weighted by molar-refractivity contribution is 0.668. The molecule has 0 aliphatic rings. The molecule has 0 fully saturated rings. The van der Waals surface area contributed by atoms with Gasteiger partial charge in [-0.2, -0.15) is 0 Å². The zero-order valence-electron chi connectivity index (χ0n) is 37.4. The lowest BCUT2D eigenvalue weighted by atomic mass is 9.92. The third-order valence-electron chi connectivity index (χ3n) is 14.0. The van der Waals surface area contributed by atoms with Crippen molar-refractivity contribution in [2.24, 2.45) is 0 Å². The number of furan rings is 3. The number of nitrogens with zero attached hydrogens (tertiary/aromatic N) is 3. The summed E-state index contributed by atoms with van der Waals surface area (Å²) >= 11 is 0. The van der Waals surface area contributed by atoms with Crippen LogP contribution in [0.15, 0.2) is 238 Å². The van der Waals surface area contributed by atoms with Crippen LogP contribution < -0.4 is 0 Å². The van der Waals surface area contributed by atoms with E-state index in [-0.39, 0.29) is 0 Å². The minimum Gasteiger partial charge on any atom is -0.456 e. The van der Waals surface area contributed by atoms with Gasteiger partial charge in [0.25, 0.3) is 0 Å². The molecule has 0 saturated carbocycles. The lowest BCUT2D eigenvalue weighted by Gasteiger charge is -2.13. The van der Waals surface area contributed by atoms with E-state index in [0.29, 0.717) is 5.82 Å². The highest BCUT2D eigenvalue weighted by molar-refractivity contribution is 6.21. The first-order valence-corrected chi connectivity index (χ1v) is 23.5. The summed E-state index contributed by atoms with van der Waals surface area (Å²) in [5, 5.41) is 8.67. The maximum atomic E-state index is 6.97. The molecule has 0 saturated heterocycles. The van der Waals surface area contributed by atoms with E-state index in [9.17, 15) is 0 Å². The summed E-state index contributed by atoms with van der Waals surface area (Å²) in [5.41, 5.74) is 17.0. The molecule has 0 amide bonds. The molecule has 5 heterocycles. The number of para-hydroxylation sites is 5. The monoisotopic (exact) mass is 895 g/mol. The van der Waals surface area contributed by atoms with Crippen LogP contribution in [0, 0.1) is 0 Å². The minimum absolute atomic E-state index is 0.637. The smallest absolute Gasteiger partial charge is 0.160 e. The second-order valence-corrected chi connectivity index (χ2v) is 18.0. The summed E-state index contributed by atoms with van der Waals surface area (Å²) < 4.78 is 22.4. The molecule has 0 spiro atoms. The number of benzene rings is 10. The van der Waals surface area contributed by atoms with E-state index < -0.39 is 0 Å². The molecule has 70 heavy (non-hydrogen) atoms. The second-order valence-electron chi connectivity index (χ2n) is 18.0. The van der Waals surface area contributed by atoms with Crippen LogP contribution in [0.2, 0.25) is 0 Å². The predicted molar refractivity (Wildman–Crippen MR) is 285 cm³/mol. The van der Waals surface area contributed by atoms with Gasteiger partial charge in [-0.05, 0) is 83.9 Å². The normalized spacial score (nSPS) is 12.0. The van der Waals surface area contributed by atoms with Crippen LogP contribution in [-0.2, 0) is 0 Å². The number of fused-ring (bicyclic) bond motifs is 12. The van der Waals surface area contributed by atoms with E-state index >= 15 is 0 Å². The third-order valence-corrected chi connectivity index (χ3v) is 14.0. The Morgan fingerprint density at radius 1 is 0.314 bits per heavy atom. The predicted octanol–water partition coefficient (Wildman–Crippen LogP) is 17.6. The van der Waals surface area contributed by atoms with Crippen molar-refractivity contribution in [2.75, 3.05) is 0 Å². The molecule has 0 N–H and O–H groups in total. The van der Waals surface area contributed by atoms with Gasteiger partial charge in [0.05, 0.1) is 22.4 Å². The molecule has 0 aliphatic heterocycles. The highest BCUT2D eigenvalue weighted by Crippen LogP contribution is 2.47. The Morgan fingerprint density at radius 2 is 0.943 bits per heavy atom. The molecule has 15 rings (SSSR count). The van der Waals surface area contributed by atoms with Gasteiger partial charge in [0.1, 0.15) is 33.5 Å². The van der Waals surface area contributed by atoms with E-state index in [2.05, 4.69) is 174 Å². The molecule has 0 atom stereocenters. The number of aromatic nitrogens is 3. The quantitative estimate of drug-likeness (QED) is 0.166. The minimum atomic E-state index is 0.637. The van der Waals surface area contributed by atoms with Crippen molar-refractivity contribution in [3.05, 3.63) is 224 Å². The van der Waals surface area contributed by atoms with Gasteiger partial charge in [-0.25, -0.2) is 9.97 Å². The average Bonchev–Trinajstić information content (AvgIpc) is 4.20. The largest absolute Gasteiger partial charge is 0.456 e. The van der Waals surface area contributed by atoms with Crippen LogP contribution in [0.3, 0.4) is 0 Å². The first-order chi connectivity index (χ1) is 34.7. The molecule has 0 unspecified atom stereocenters. The van der Waals surface area contributed by atoms with E-state index in [4.69, 9.17) is 23.2 Å². The molecule has 326 valence electrons. The molecule has 6 nitrogen and oxygen atoms in total. The van der Waals surface area contributed by atoms with Gasteiger partial charge < -0.3 is 17.8 Å². The molecule has 15 aromatic rings. The number of rotatable bonds is 6. The van der Waals surface area contributed by atoms with Crippen molar-refractivity contribution >= 4 is 87.6 Å². The van der Waals surface area contributed by atoms with Crippen LogP contribution in [0.25, 0.3) is 149 Å². The van der Waals surface area contributed by atoms with Crippen LogP contribution in [0.4, 0.5) is 0 Å². The lowest BCUT2D eigenvalue weighted by Crippen LogP contribution is -1.96. The zero-order chi connectivity index (χ0) is 45.9. The van der Waals surface area contributed by atoms with Crippen LogP contribution >= 0.6 is 0 Å². The van der Waals surface area contributed by atoms with Gasteiger partial charge in [0.2, 0.25) is 0 Å². The Labute approximate surface area is 399 Å². The fraction of sp³-hybridized carbons (Fsp3) is 0. The molecule has 10 aromatic carbocycles. The van der Waals surface area contributed by atoms with E-state index in [1.54, 1.807) is 0 Å². The number of hydrogen-bond donors (Lipinski definition) is 0. The standard InChI is InChI=1S/C64H37N3O3/c1-3-15-38(16-4-1)64-65-52(40-29-31-45-44-20-8-11-26-55(44)69-59(45)36-40)37-53(66-64)49-24-14-28-58-60(49)51-35-39(30-34-57(51)68-58)42-32-33-48(63-61(42)50-21-9-12-27-56(50)70-63)47-23-13-22-46-43-19-7-10-25-54(43)67(62(46)47)41-17-5-2-6-18-41/h1-37H.